The second-order valence-electron chi connectivity index (χ2n) is 3.05. The Balaban J connectivity index is 3.64. The molecule has 0 saturated carbocycles. The summed E-state index contributed by atoms with van der Waals surface area (Å²) in [6.07, 6.45) is 3.08. The molecule has 0 aliphatic heterocycles. The summed E-state index contributed by atoms with van der Waals surface area (Å²) >= 11 is 0. The van der Waals surface area contributed by atoms with Gasteiger partial charge in [0, 0.05) is 0 Å². The first kappa shape index (κ1) is 11.9. The Labute approximate surface area is 78.8 Å². The Hall–Kier alpha value is -1.12. The van der Waals surface area contributed by atoms with Gasteiger partial charge in [0.15, 0.2) is 0 Å². The number of ketones is 1. The van der Waals surface area contributed by atoms with Crippen molar-refractivity contribution in [1.82, 2.24) is 0 Å². The van der Waals surface area contributed by atoms with Crippen molar-refractivity contribution >= 4 is 11.8 Å². The molecule has 0 amide bonds. The van der Waals surface area contributed by atoms with Crippen molar-refractivity contribution in [3.8, 4) is 0 Å². The van der Waals surface area contributed by atoms with Crippen LogP contribution in [0.1, 0.15) is 33.1 Å². The van der Waals surface area contributed by atoms with Gasteiger partial charge in [-0.2, -0.15) is 0 Å². The third-order valence-corrected chi connectivity index (χ3v) is 1.50. The first-order valence-electron chi connectivity index (χ1n) is 4.36. The number of hydrogen-bond acceptors (Lipinski definition) is 3. The van der Waals surface area contributed by atoms with E-state index in [4.69, 9.17) is 4.74 Å². The lowest BCUT2D eigenvalue weighted by Crippen LogP contribution is -2.16. The molecule has 1 atom stereocenters. The fourth-order valence-corrected chi connectivity index (χ4v) is 0.881. The summed E-state index contributed by atoms with van der Waals surface area (Å²) in [5.74, 6) is -0.606. The summed E-state index contributed by atoms with van der Waals surface area (Å²) in [5.41, 5.74) is 0. The molecule has 0 bridgehead atoms. The molecule has 0 spiro atoms. The molecule has 0 aromatic heterocycles. The zero-order valence-electron chi connectivity index (χ0n) is 8.21. The van der Waals surface area contributed by atoms with E-state index in [1.807, 2.05) is 6.92 Å². The Morgan fingerprint density at radius 3 is 2.62 bits per heavy atom. The van der Waals surface area contributed by atoms with Crippen LogP contribution in [-0.2, 0) is 14.3 Å². The molecule has 0 rings (SSSR count). The summed E-state index contributed by atoms with van der Waals surface area (Å²) in [6, 6.07) is 0. The molecular formula is C10H16O3. The monoisotopic (exact) mass is 184 g/mol. The number of carbonyl (C=O) groups excluding carboxylic acids is 2. The van der Waals surface area contributed by atoms with E-state index in [1.54, 1.807) is 6.08 Å². The molecule has 3 nitrogen and oxygen atoms in total. The van der Waals surface area contributed by atoms with Crippen LogP contribution >= 0.6 is 0 Å². The minimum Gasteiger partial charge on any atom is -0.462 e. The summed E-state index contributed by atoms with van der Waals surface area (Å²) in [7, 11) is 0. The van der Waals surface area contributed by atoms with Crippen molar-refractivity contribution in [3.63, 3.8) is 0 Å². The maximum Gasteiger partial charge on any atom is 0.313 e. The highest BCUT2D eigenvalue weighted by Gasteiger charge is 2.10. The van der Waals surface area contributed by atoms with Gasteiger partial charge in [0.05, 0.1) is 6.10 Å². The normalized spacial score (nSPS) is 11.8. The molecule has 13 heavy (non-hydrogen) atoms. The molecule has 0 aromatic carbocycles. The number of Topliss-reactive ketones (excluding diaryl/α,β-unsaturated/α-hetero) is 1. The first-order valence-corrected chi connectivity index (χ1v) is 4.36. The quantitative estimate of drug-likeness (QED) is 0.359. The zero-order chi connectivity index (χ0) is 10.3. The van der Waals surface area contributed by atoms with E-state index in [9.17, 15) is 9.59 Å². The Morgan fingerprint density at radius 1 is 1.54 bits per heavy atom. The lowest BCUT2D eigenvalue weighted by molar-refractivity contribution is -0.150. The van der Waals surface area contributed by atoms with Gasteiger partial charge in [-0.15, -0.1) is 6.58 Å². The Bertz CT molecular complexity index is 196. The molecule has 0 fully saturated rings. The van der Waals surface area contributed by atoms with Crippen LogP contribution in [0.4, 0.5) is 0 Å². The molecule has 0 aliphatic carbocycles. The van der Waals surface area contributed by atoms with E-state index in [0.29, 0.717) is 0 Å². The first-order chi connectivity index (χ1) is 6.06. The molecular weight excluding hydrogens is 168 g/mol. The van der Waals surface area contributed by atoms with Gasteiger partial charge in [-0.3, -0.25) is 9.59 Å². The fourth-order valence-electron chi connectivity index (χ4n) is 0.881. The molecule has 0 unspecified atom stereocenters. The topological polar surface area (TPSA) is 43.4 Å². The molecule has 74 valence electrons. The van der Waals surface area contributed by atoms with Crippen LogP contribution in [0.5, 0.6) is 0 Å². The molecule has 0 heterocycles. The largest absolute Gasteiger partial charge is 0.462 e. The molecule has 3 heteroatoms. The number of carbonyl (C=O) groups is 2. The lowest BCUT2D eigenvalue weighted by atomic mass is 10.2. The number of rotatable bonds is 6. The maximum absolute atomic E-state index is 11.0. The molecule has 0 aromatic rings. The Kier molecular flexibility index (Phi) is 5.85. The van der Waals surface area contributed by atoms with Crippen molar-refractivity contribution in [2.45, 2.75) is 39.2 Å². The van der Waals surface area contributed by atoms with Crippen molar-refractivity contribution < 1.29 is 14.3 Å². The van der Waals surface area contributed by atoms with Crippen molar-refractivity contribution in [2.75, 3.05) is 0 Å². The van der Waals surface area contributed by atoms with Crippen LogP contribution in [0.15, 0.2) is 12.7 Å². The number of ether oxygens (including phenoxy) is 1. The second-order valence-corrected chi connectivity index (χ2v) is 3.05. The number of esters is 1. The summed E-state index contributed by atoms with van der Waals surface area (Å²) < 4.78 is 4.96. The van der Waals surface area contributed by atoms with E-state index in [1.165, 1.54) is 6.92 Å². The minimum absolute atomic E-state index is 0.127. The number of allylic oxidation sites excluding steroid dienone is 1. The van der Waals surface area contributed by atoms with Crippen molar-refractivity contribution in [2.24, 2.45) is 0 Å². The third-order valence-electron chi connectivity index (χ3n) is 1.50. The van der Waals surface area contributed by atoms with Gasteiger partial charge in [0.25, 0.3) is 0 Å². The smallest absolute Gasteiger partial charge is 0.313 e. The highest BCUT2D eigenvalue weighted by atomic mass is 16.5. The lowest BCUT2D eigenvalue weighted by Gasteiger charge is -2.10. The molecule has 0 N–H and O–H groups in total. The predicted octanol–water partition coefficient (Wildman–Crippen LogP) is 1.86. The van der Waals surface area contributed by atoms with Crippen LogP contribution in [0.2, 0.25) is 0 Å². The van der Waals surface area contributed by atoms with Gasteiger partial charge < -0.3 is 4.74 Å². The van der Waals surface area contributed by atoms with Crippen LogP contribution < -0.4 is 0 Å². The summed E-state index contributed by atoms with van der Waals surface area (Å²) in [6.45, 7) is 6.74. The van der Waals surface area contributed by atoms with Gasteiger partial charge in [0.1, 0.15) is 12.2 Å². The van der Waals surface area contributed by atoms with Gasteiger partial charge >= 0.3 is 5.97 Å². The molecule has 0 aliphatic rings. The van der Waals surface area contributed by atoms with Gasteiger partial charge in [-0.25, -0.2) is 0 Å². The number of hydrogen-bond donors (Lipinski definition) is 0. The van der Waals surface area contributed by atoms with Crippen LogP contribution in [0.3, 0.4) is 0 Å². The average molecular weight is 184 g/mol. The van der Waals surface area contributed by atoms with E-state index in [2.05, 4.69) is 6.58 Å². The maximum atomic E-state index is 11.0. The van der Waals surface area contributed by atoms with Crippen molar-refractivity contribution in [3.05, 3.63) is 12.7 Å². The van der Waals surface area contributed by atoms with Crippen molar-refractivity contribution in [1.29, 1.82) is 0 Å². The SMILES string of the molecule is C=CCC[C@@H](C)OC(=O)CC(C)=O. The average Bonchev–Trinajstić information content (AvgIpc) is 1.98. The summed E-state index contributed by atoms with van der Waals surface area (Å²) in [4.78, 5) is 21.5. The van der Waals surface area contributed by atoms with Crippen LogP contribution in [0, 0.1) is 0 Å². The van der Waals surface area contributed by atoms with Crippen LogP contribution in [0.25, 0.3) is 0 Å². The zero-order valence-corrected chi connectivity index (χ0v) is 8.21. The molecule has 0 saturated heterocycles. The molecule has 0 radical (unpaired) electrons. The van der Waals surface area contributed by atoms with Crippen LogP contribution in [-0.4, -0.2) is 17.9 Å². The highest BCUT2D eigenvalue weighted by Crippen LogP contribution is 2.03. The third kappa shape index (κ3) is 7.25. The minimum atomic E-state index is -0.441. The fraction of sp³-hybridized carbons (Fsp3) is 0.600. The van der Waals surface area contributed by atoms with E-state index < -0.39 is 5.97 Å². The van der Waals surface area contributed by atoms with E-state index >= 15 is 0 Å². The Morgan fingerprint density at radius 2 is 2.15 bits per heavy atom. The summed E-state index contributed by atoms with van der Waals surface area (Å²) in [5, 5.41) is 0. The van der Waals surface area contributed by atoms with E-state index in [0.717, 1.165) is 12.8 Å². The standard InChI is InChI=1S/C10H16O3/c1-4-5-6-9(3)13-10(12)7-8(2)11/h4,9H,1,5-7H2,2-3H3/t9-/m1/s1. The highest BCUT2D eigenvalue weighted by molar-refractivity contribution is 5.94. The van der Waals surface area contributed by atoms with Gasteiger partial charge in [-0.05, 0) is 26.7 Å². The second kappa shape index (κ2) is 6.40. The van der Waals surface area contributed by atoms with Gasteiger partial charge in [0.2, 0.25) is 0 Å². The van der Waals surface area contributed by atoms with Gasteiger partial charge in [-0.1, -0.05) is 6.08 Å². The predicted molar refractivity (Wildman–Crippen MR) is 50.3 cm³/mol. The van der Waals surface area contributed by atoms with E-state index in [-0.39, 0.29) is 18.3 Å².